The maximum Gasteiger partial charge on any atom is 0.514 e. The van der Waals surface area contributed by atoms with E-state index in [0.717, 1.165) is 60.3 Å². The third-order valence-corrected chi connectivity index (χ3v) is 11.7. The van der Waals surface area contributed by atoms with Crippen molar-refractivity contribution >= 4 is 6.16 Å². The van der Waals surface area contributed by atoms with E-state index < -0.39 is 6.16 Å². The lowest BCUT2D eigenvalue weighted by atomic mass is 9.47. The summed E-state index contributed by atoms with van der Waals surface area (Å²) in [6.45, 7) is 14.5. The summed E-state index contributed by atoms with van der Waals surface area (Å²) in [5.41, 5.74) is 3.50. The average Bonchev–Trinajstić information content (AvgIpc) is 3.23. The molecule has 210 valence electrons. The van der Waals surface area contributed by atoms with Gasteiger partial charge in [-0.25, -0.2) is 4.79 Å². The van der Waals surface area contributed by atoms with Gasteiger partial charge in [0.2, 0.25) is 0 Å². The summed E-state index contributed by atoms with van der Waals surface area (Å²) in [5.74, 6) is 5.64. The van der Waals surface area contributed by atoms with Crippen LogP contribution in [0.25, 0.3) is 0 Å². The zero-order chi connectivity index (χ0) is 27.1. The Morgan fingerprint density at radius 2 is 1.74 bits per heavy atom. The average molecular weight is 521 g/mol. The third-order valence-electron chi connectivity index (χ3n) is 11.7. The van der Waals surface area contributed by atoms with Gasteiger partial charge in [-0.3, -0.25) is 0 Å². The van der Waals surface area contributed by atoms with Crippen LogP contribution in [0.3, 0.4) is 0 Å². The van der Waals surface area contributed by atoms with Gasteiger partial charge in [0, 0.05) is 6.42 Å². The van der Waals surface area contributed by atoms with Gasteiger partial charge in [-0.1, -0.05) is 83.2 Å². The molecular weight excluding hydrogens is 468 g/mol. The molecule has 0 spiro atoms. The van der Waals surface area contributed by atoms with E-state index in [2.05, 4.69) is 40.7 Å². The van der Waals surface area contributed by atoms with Gasteiger partial charge in [-0.2, -0.15) is 0 Å². The maximum atomic E-state index is 12.5. The van der Waals surface area contributed by atoms with Crippen LogP contribution in [-0.2, 0) is 4.74 Å². The molecule has 0 heterocycles. The molecule has 3 nitrogen and oxygen atoms in total. The summed E-state index contributed by atoms with van der Waals surface area (Å²) >= 11 is 0. The molecule has 38 heavy (non-hydrogen) atoms. The molecule has 4 aliphatic rings. The number of carbonyl (C=O) groups is 1. The number of fused-ring (bicyclic) bond motifs is 5. The van der Waals surface area contributed by atoms with Gasteiger partial charge in [-0.05, 0) is 110 Å². The van der Waals surface area contributed by atoms with Gasteiger partial charge in [0.1, 0.15) is 11.9 Å². The Morgan fingerprint density at radius 3 is 2.47 bits per heavy atom. The van der Waals surface area contributed by atoms with E-state index in [0.29, 0.717) is 11.2 Å². The number of benzene rings is 1. The molecular formula is C35H52O3. The standard InChI is InChI=1S/C35H52O3/c1-23(2)8-7-9-25(4)30-16-17-31-29-15-12-26-22-28(38-33(36)37-27-13-10-24(3)11-14-27)18-20-34(26,5)32(29)19-21-35(30,31)6/h10-14,23,25,28-32H,7-9,15-22H2,1-6H3/t25-,28+,29-,30+,31+,32+,34-,35-/m0/s1. The van der Waals surface area contributed by atoms with Gasteiger partial charge >= 0.3 is 6.16 Å². The Morgan fingerprint density at radius 1 is 0.974 bits per heavy atom. The Bertz CT molecular complexity index is 1010. The first kappa shape index (κ1) is 27.8. The highest BCUT2D eigenvalue weighted by molar-refractivity contribution is 5.64. The molecule has 0 amide bonds. The Kier molecular flexibility index (Phi) is 8.05. The van der Waals surface area contributed by atoms with Crippen molar-refractivity contribution in [3.05, 3.63) is 41.5 Å². The molecule has 5 rings (SSSR count). The normalized spacial score (nSPS) is 37.0. The van der Waals surface area contributed by atoms with Gasteiger partial charge in [-0.15, -0.1) is 0 Å². The number of carbonyl (C=O) groups excluding carboxylic acids is 1. The third kappa shape index (κ3) is 5.33. The van der Waals surface area contributed by atoms with Crippen LogP contribution in [0.4, 0.5) is 4.79 Å². The summed E-state index contributed by atoms with van der Waals surface area (Å²) in [4.78, 5) is 12.5. The van der Waals surface area contributed by atoms with E-state index in [9.17, 15) is 4.79 Å². The van der Waals surface area contributed by atoms with Crippen LogP contribution in [0.5, 0.6) is 5.75 Å². The Labute approximate surface area is 232 Å². The molecule has 3 heteroatoms. The second-order valence-electron chi connectivity index (χ2n) is 14.4. The van der Waals surface area contributed by atoms with E-state index >= 15 is 0 Å². The first-order valence-corrected chi connectivity index (χ1v) is 15.7. The summed E-state index contributed by atoms with van der Waals surface area (Å²) in [6, 6.07) is 7.56. The van der Waals surface area contributed by atoms with Gasteiger partial charge in [0.25, 0.3) is 0 Å². The van der Waals surface area contributed by atoms with Crippen molar-refractivity contribution in [3.8, 4) is 5.75 Å². The second kappa shape index (κ2) is 11.0. The fraction of sp³-hybridized carbons (Fsp3) is 0.743. The highest BCUT2D eigenvalue weighted by Crippen LogP contribution is 2.67. The van der Waals surface area contributed by atoms with E-state index in [4.69, 9.17) is 9.47 Å². The monoisotopic (exact) mass is 520 g/mol. The first-order valence-electron chi connectivity index (χ1n) is 15.7. The van der Waals surface area contributed by atoms with Crippen molar-refractivity contribution in [1.29, 1.82) is 0 Å². The fourth-order valence-electron chi connectivity index (χ4n) is 9.62. The van der Waals surface area contributed by atoms with Crippen molar-refractivity contribution in [3.63, 3.8) is 0 Å². The van der Waals surface area contributed by atoms with E-state index in [-0.39, 0.29) is 11.5 Å². The predicted octanol–water partition coefficient (Wildman–Crippen LogP) is 9.92. The number of hydrogen-bond donors (Lipinski definition) is 0. The van der Waals surface area contributed by atoms with Crippen LogP contribution in [0.2, 0.25) is 0 Å². The minimum atomic E-state index is -0.565. The topological polar surface area (TPSA) is 35.5 Å². The fourth-order valence-corrected chi connectivity index (χ4v) is 9.62. The molecule has 0 aliphatic heterocycles. The molecule has 0 saturated heterocycles. The number of aryl methyl sites for hydroxylation is 1. The number of hydrogen-bond acceptors (Lipinski definition) is 3. The number of ether oxygens (including phenoxy) is 2. The summed E-state index contributed by atoms with van der Waals surface area (Å²) in [5, 5.41) is 0. The Balaban J connectivity index is 1.21. The second-order valence-corrected chi connectivity index (χ2v) is 14.4. The molecule has 0 aromatic heterocycles. The van der Waals surface area contributed by atoms with Gasteiger partial charge < -0.3 is 9.47 Å². The van der Waals surface area contributed by atoms with Crippen molar-refractivity contribution in [2.24, 2.45) is 46.3 Å². The smallest absolute Gasteiger partial charge is 0.430 e. The molecule has 0 unspecified atom stereocenters. The minimum Gasteiger partial charge on any atom is -0.430 e. The van der Waals surface area contributed by atoms with Crippen LogP contribution in [0.15, 0.2) is 35.9 Å². The molecule has 1 aromatic carbocycles. The lowest BCUT2D eigenvalue weighted by molar-refractivity contribution is -0.0597. The first-order chi connectivity index (χ1) is 18.1. The lowest BCUT2D eigenvalue weighted by Gasteiger charge is -2.58. The van der Waals surface area contributed by atoms with Crippen molar-refractivity contribution in [1.82, 2.24) is 0 Å². The highest BCUT2D eigenvalue weighted by atomic mass is 16.7. The molecule has 8 atom stereocenters. The lowest BCUT2D eigenvalue weighted by Crippen LogP contribution is -2.51. The predicted molar refractivity (Wildman–Crippen MR) is 155 cm³/mol. The largest absolute Gasteiger partial charge is 0.514 e. The summed E-state index contributed by atoms with van der Waals surface area (Å²) in [6.07, 6.45) is 16.0. The molecule has 3 saturated carbocycles. The van der Waals surface area contributed by atoms with Crippen molar-refractivity contribution in [2.45, 2.75) is 118 Å². The molecule has 0 radical (unpaired) electrons. The molecule has 0 N–H and O–H groups in total. The summed E-state index contributed by atoms with van der Waals surface area (Å²) < 4.78 is 11.3. The highest BCUT2D eigenvalue weighted by Gasteiger charge is 2.59. The maximum absolute atomic E-state index is 12.5. The van der Waals surface area contributed by atoms with Crippen LogP contribution in [0.1, 0.15) is 111 Å². The summed E-state index contributed by atoms with van der Waals surface area (Å²) in [7, 11) is 0. The van der Waals surface area contributed by atoms with Crippen LogP contribution in [0, 0.1) is 53.3 Å². The quantitative estimate of drug-likeness (QED) is 0.204. The van der Waals surface area contributed by atoms with E-state index in [1.165, 1.54) is 51.4 Å². The van der Waals surface area contributed by atoms with Crippen molar-refractivity contribution in [2.75, 3.05) is 0 Å². The van der Waals surface area contributed by atoms with Crippen LogP contribution >= 0.6 is 0 Å². The van der Waals surface area contributed by atoms with E-state index in [1.54, 1.807) is 5.57 Å². The zero-order valence-corrected chi connectivity index (χ0v) is 24.9. The van der Waals surface area contributed by atoms with Crippen LogP contribution in [-0.4, -0.2) is 12.3 Å². The van der Waals surface area contributed by atoms with Crippen molar-refractivity contribution < 1.29 is 14.3 Å². The zero-order valence-electron chi connectivity index (χ0n) is 24.9. The molecule has 0 bridgehead atoms. The van der Waals surface area contributed by atoms with Crippen LogP contribution < -0.4 is 4.74 Å². The molecule has 1 aromatic rings. The molecule has 3 fully saturated rings. The number of allylic oxidation sites excluding steroid dienone is 1. The molecule has 4 aliphatic carbocycles. The van der Waals surface area contributed by atoms with Gasteiger partial charge in [0.15, 0.2) is 0 Å². The SMILES string of the molecule is Cc1ccc(OC(=O)O[C@@H]2CC[C@@]3(C)C(=CC[C@H]4[C@H]5CC[C@H]([C@@H](C)CCCC(C)C)[C@]5(C)CC[C@H]43)C2)cc1. The number of rotatable bonds is 7. The van der Waals surface area contributed by atoms with Gasteiger partial charge in [0.05, 0.1) is 0 Å². The van der Waals surface area contributed by atoms with E-state index in [1.807, 2.05) is 31.2 Å². The Hall–Kier alpha value is -1.77. The minimum absolute atomic E-state index is 0.0692.